The summed E-state index contributed by atoms with van der Waals surface area (Å²) in [6.07, 6.45) is -0.551. The molecule has 2 rings (SSSR count). The van der Waals surface area contributed by atoms with Crippen molar-refractivity contribution in [2.45, 2.75) is 33.8 Å². The molecule has 2 aromatic carbocycles. The minimum absolute atomic E-state index is 0.149. The Morgan fingerprint density at radius 1 is 1.12 bits per heavy atom. The van der Waals surface area contributed by atoms with Crippen LogP contribution in [0.15, 0.2) is 42.5 Å². The topological polar surface area (TPSA) is 47.6 Å². The van der Waals surface area contributed by atoms with Crippen LogP contribution in [0.2, 0.25) is 0 Å². The molecule has 0 fully saturated rings. The van der Waals surface area contributed by atoms with Crippen molar-refractivity contribution in [3.63, 3.8) is 0 Å². The van der Waals surface area contributed by atoms with Crippen LogP contribution in [-0.4, -0.2) is 25.2 Å². The molecule has 0 saturated heterocycles. The number of ether oxygens (including phenoxy) is 2. The average Bonchev–Trinajstić information content (AvgIpc) is 2.55. The molecule has 2 aromatic rings. The normalized spacial score (nSPS) is 11.7. The Kier molecular flexibility index (Phi) is 6.24. The lowest BCUT2D eigenvalue weighted by atomic mass is 10.1. The molecule has 0 radical (unpaired) electrons. The van der Waals surface area contributed by atoms with Crippen LogP contribution in [0.5, 0.6) is 11.5 Å². The Bertz CT molecular complexity index is 697. The second-order valence-corrected chi connectivity index (χ2v) is 5.91. The average molecular weight is 327 g/mol. The van der Waals surface area contributed by atoms with Crippen LogP contribution < -0.4 is 14.8 Å². The SMILES string of the molecule is Cc1cccc(OCCNC(=O)[C@@H](C)Oc2cccc(C)c2C)c1. The Hall–Kier alpha value is -2.49. The Morgan fingerprint density at radius 2 is 1.88 bits per heavy atom. The van der Waals surface area contributed by atoms with Crippen molar-refractivity contribution < 1.29 is 14.3 Å². The van der Waals surface area contributed by atoms with Crippen molar-refractivity contribution in [1.82, 2.24) is 5.32 Å². The Balaban J connectivity index is 1.76. The molecular formula is C20H25NO3. The molecule has 0 saturated carbocycles. The van der Waals surface area contributed by atoms with Gasteiger partial charge in [-0.3, -0.25) is 4.79 Å². The molecule has 0 aliphatic heterocycles. The number of hydrogen-bond donors (Lipinski definition) is 1. The minimum Gasteiger partial charge on any atom is -0.492 e. The molecule has 0 aliphatic carbocycles. The Labute approximate surface area is 143 Å². The zero-order chi connectivity index (χ0) is 17.5. The van der Waals surface area contributed by atoms with E-state index in [-0.39, 0.29) is 5.91 Å². The smallest absolute Gasteiger partial charge is 0.260 e. The molecule has 0 aliphatic rings. The molecule has 1 atom stereocenters. The highest BCUT2D eigenvalue weighted by atomic mass is 16.5. The van der Waals surface area contributed by atoms with Gasteiger partial charge in [-0.15, -0.1) is 0 Å². The summed E-state index contributed by atoms with van der Waals surface area (Å²) < 4.78 is 11.4. The van der Waals surface area contributed by atoms with Gasteiger partial charge in [-0.25, -0.2) is 0 Å². The summed E-state index contributed by atoms with van der Waals surface area (Å²) in [6, 6.07) is 13.7. The maximum atomic E-state index is 12.1. The quantitative estimate of drug-likeness (QED) is 0.791. The van der Waals surface area contributed by atoms with E-state index in [1.54, 1.807) is 6.92 Å². The number of amides is 1. The number of carbonyl (C=O) groups is 1. The molecule has 4 nitrogen and oxygen atoms in total. The van der Waals surface area contributed by atoms with Gasteiger partial charge in [-0.05, 0) is 62.6 Å². The predicted molar refractivity (Wildman–Crippen MR) is 95.7 cm³/mol. The highest BCUT2D eigenvalue weighted by molar-refractivity contribution is 5.80. The molecule has 0 aromatic heterocycles. The first kappa shape index (κ1) is 17.9. The van der Waals surface area contributed by atoms with Crippen molar-refractivity contribution >= 4 is 5.91 Å². The third-order valence-corrected chi connectivity index (χ3v) is 3.89. The second-order valence-electron chi connectivity index (χ2n) is 5.91. The van der Waals surface area contributed by atoms with Gasteiger partial charge in [0.25, 0.3) is 5.91 Å². The zero-order valence-electron chi connectivity index (χ0n) is 14.8. The first-order valence-electron chi connectivity index (χ1n) is 8.17. The van der Waals surface area contributed by atoms with E-state index in [1.807, 2.05) is 63.2 Å². The lowest BCUT2D eigenvalue weighted by Crippen LogP contribution is -2.38. The third-order valence-electron chi connectivity index (χ3n) is 3.89. The lowest BCUT2D eigenvalue weighted by molar-refractivity contribution is -0.127. The maximum Gasteiger partial charge on any atom is 0.260 e. The monoisotopic (exact) mass is 327 g/mol. The van der Waals surface area contributed by atoms with Crippen molar-refractivity contribution in [3.8, 4) is 11.5 Å². The van der Waals surface area contributed by atoms with Gasteiger partial charge >= 0.3 is 0 Å². The van der Waals surface area contributed by atoms with Crippen molar-refractivity contribution in [2.75, 3.05) is 13.2 Å². The fourth-order valence-electron chi connectivity index (χ4n) is 2.29. The van der Waals surface area contributed by atoms with Gasteiger partial charge in [-0.2, -0.15) is 0 Å². The van der Waals surface area contributed by atoms with Gasteiger partial charge in [-0.1, -0.05) is 24.3 Å². The van der Waals surface area contributed by atoms with E-state index in [1.165, 1.54) is 0 Å². The molecule has 128 valence electrons. The summed E-state index contributed by atoms with van der Waals surface area (Å²) in [5.41, 5.74) is 3.35. The first-order valence-corrected chi connectivity index (χ1v) is 8.17. The molecule has 0 heterocycles. The largest absolute Gasteiger partial charge is 0.492 e. The third kappa shape index (κ3) is 5.01. The molecular weight excluding hydrogens is 302 g/mol. The number of benzene rings is 2. The van der Waals surface area contributed by atoms with Gasteiger partial charge in [0.15, 0.2) is 6.10 Å². The summed E-state index contributed by atoms with van der Waals surface area (Å²) >= 11 is 0. The molecule has 0 bridgehead atoms. The molecule has 1 amide bonds. The van der Waals surface area contributed by atoms with Crippen LogP contribution in [0.3, 0.4) is 0 Å². The van der Waals surface area contributed by atoms with Crippen molar-refractivity contribution in [3.05, 3.63) is 59.2 Å². The molecule has 1 N–H and O–H groups in total. The van der Waals surface area contributed by atoms with Gasteiger partial charge in [0.2, 0.25) is 0 Å². The fourth-order valence-corrected chi connectivity index (χ4v) is 2.29. The van der Waals surface area contributed by atoms with Crippen LogP contribution >= 0.6 is 0 Å². The predicted octanol–water partition coefficient (Wildman–Crippen LogP) is 3.57. The van der Waals surface area contributed by atoms with E-state index in [4.69, 9.17) is 9.47 Å². The standard InChI is InChI=1S/C20H25NO3/c1-14-7-5-9-18(13-14)23-12-11-21-20(22)17(4)24-19-10-6-8-15(2)16(19)3/h5-10,13,17H,11-12H2,1-4H3,(H,21,22)/t17-/m1/s1. The van der Waals surface area contributed by atoms with E-state index in [0.717, 1.165) is 28.2 Å². The van der Waals surface area contributed by atoms with Gasteiger partial charge in [0.05, 0.1) is 6.54 Å². The van der Waals surface area contributed by atoms with E-state index in [0.29, 0.717) is 13.2 Å². The van der Waals surface area contributed by atoms with Gasteiger partial charge < -0.3 is 14.8 Å². The van der Waals surface area contributed by atoms with Crippen LogP contribution in [0.25, 0.3) is 0 Å². The molecule has 0 spiro atoms. The maximum absolute atomic E-state index is 12.1. The number of carbonyl (C=O) groups excluding carboxylic acids is 1. The van der Waals surface area contributed by atoms with E-state index >= 15 is 0 Å². The highest BCUT2D eigenvalue weighted by Crippen LogP contribution is 2.21. The summed E-state index contributed by atoms with van der Waals surface area (Å²) in [7, 11) is 0. The number of rotatable bonds is 7. The van der Waals surface area contributed by atoms with Gasteiger partial charge in [0, 0.05) is 0 Å². The highest BCUT2D eigenvalue weighted by Gasteiger charge is 2.15. The minimum atomic E-state index is -0.551. The molecule has 4 heteroatoms. The number of hydrogen-bond acceptors (Lipinski definition) is 3. The van der Waals surface area contributed by atoms with E-state index < -0.39 is 6.10 Å². The molecule has 0 unspecified atom stereocenters. The summed E-state index contributed by atoms with van der Waals surface area (Å²) in [6.45, 7) is 8.64. The first-order chi connectivity index (χ1) is 11.5. The van der Waals surface area contributed by atoms with Crippen molar-refractivity contribution in [1.29, 1.82) is 0 Å². The lowest BCUT2D eigenvalue weighted by Gasteiger charge is -2.17. The summed E-state index contributed by atoms with van der Waals surface area (Å²) in [5.74, 6) is 1.40. The van der Waals surface area contributed by atoms with Crippen LogP contribution in [0.4, 0.5) is 0 Å². The van der Waals surface area contributed by atoms with Crippen LogP contribution in [0, 0.1) is 20.8 Å². The van der Waals surface area contributed by atoms with E-state index in [9.17, 15) is 4.79 Å². The van der Waals surface area contributed by atoms with E-state index in [2.05, 4.69) is 5.32 Å². The molecule has 24 heavy (non-hydrogen) atoms. The van der Waals surface area contributed by atoms with Crippen LogP contribution in [-0.2, 0) is 4.79 Å². The van der Waals surface area contributed by atoms with Gasteiger partial charge in [0.1, 0.15) is 18.1 Å². The summed E-state index contributed by atoms with van der Waals surface area (Å²) in [4.78, 5) is 12.1. The Morgan fingerprint density at radius 3 is 2.62 bits per heavy atom. The second kappa shape index (κ2) is 8.39. The summed E-state index contributed by atoms with van der Waals surface area (Å²) in [5, 5.41) is 2.83. The fraction of sp³-hybridized carbons (Fsp3) is 0.350. The number of aryl methyl sites for hydroxylation is 2. The van der Waals surface area contributed by atoms with Crippen LogP contribution in [0.1, 0.15) is 23.6 Å². The zero-order valence-corrected chi connectivity index (χ0v) is 14.8. The van der Waals surface area contributed by atoms with Crippen molar-refractivity contribution in [2.24, 2.45) is 0 Å². The number of nitrogens with one attached hydrogen (secondary N) is 1.